The Morgan fingerprint density at radius 2 is 1.61 bits per heavy atom. The first kappa shape index (κ1) is 15.2. The second-order valence-electron chi connectivity index (χ2n) is 5.59. The monoisotopic (exact) mass is 249 g/mol. The van der Waals surface area contributed by atoms with Crippen LogP contribution in [0.3, 0.4) is 0 Å². The Balaban J connectivity index is 3.05. The number of hydrogen-bond donors (Lipinski definition) is 2. The van der Waals surface area contributed by atoms with Gasteiger partial charge in [-0.15, -0.1) is 0 Å². The van der Waals surface area contributed by atoms with E-state index in [1.54, 1.807) is 0 Å². The molecule has 0 saturated heterocycles. The first-order valence-electron chi connectivity index (χ1n) is 6.88. The molecule has 2 atom stereocenters. The number of nitrogens with one attached hydrogen (secondary N) is 1. The zero-order chi connectivity index (χ0) is 13.9. The van der Waals surface area contributed by atoms with Gasteiger partial charge < -0.3 is 10.4 Å². The number of benzene rings is 1. The van der Waals surface area contributed by atoms with Gasteiger partial charge in [-0.25, -0.2) is 0 Å². The number of rotatable bonds is 5. The standard InChI is InChI=1S/C16H27NO/c1-7-14(17-10(2)3)16(18)15-12(5)8-11(4)9-13(15)6/h8-10,14,16-18H,7H2,1-6H3. The topological polar surface area (TPSA) is 32.3 Å². The molecule has 2 N–H and O–H groups in total. The van der Waals surface area contributed by atoms with Crippen LogP contribution in [0, 0.1) is 20.8 Å². The van der Waals surface area contributed by atoms with E-state index >= 15 is 0 Å². The summed E-state index contributed by atoms with van der Waals surface area (Å²) in [5.74, 6) is 0. The fourth-order valence-corrected chi connectivity index (χ4v) is 2.72. The average molecular weight is 249 g/mol. The van der Waals surface area contributed by atoms with E-state index in [1.807, 2.05) is 0 Å². The van der Waals surface area contributed by atoms with Crippen molar-refractivity contribution in [1.29, 1.82) is 0 Å². The molecule has 0 aromatic heterocycles. The van der Waals surface area contributed by atoms with Crippen LogP contribution in [-0.2, 0) is 0 Å². The van der Waals surface area contributed by atoms with Gasteiger partial charge in [-0.2, -0.15) is 0 Å². The van der Waals surface area contributed by atoms with Gasteiger partial charge in [-0.3, -0.25) is 0 Å². The molecule has 2 nitrogen and oxygen atoms in total. The van der Waals surface area contributed by atoms with Crippen LogP contribution in [0.25, 0.3) is 0 Å². The highest BCUT2D eigenvalue weighted by molar-refractivity contribution is 5.39. The molecule has 0 amide bonds. The predicted molar refractivity (Wildman–Crippen MR) is 78.0 cm³/mol. The highest BCUT2D eigenvalue weighted by atomic mass is 16.3. The van der Waals surface area contributed by atoms with Gasteiger partial charge in [-0.1, -0.05) is 38.5 Å². The summed E-state index contributed by atoms with van der Waals surface area (Å²) in [6, 6.07) is 4.79. The van der Waals surface area contributed by atoms with Crippen LogP contribution >= 0.6 is 0 Å². The van der Waals surface area contributed by atoms with Crippen molar-refractivity contribution < 1.29 is 5.11 Å². The van der Waals surface area contributed by atoms with E-state index in [4.69, 9.17) is 0 Å². The van der Waals surface area contributed by atoms with E-state index < -0.39 is 6.10 Å². The van der Waals surface area contributed by atoms with Gasteiger partial charge in [0.15, 0.2) is 0 Å². The maximum Gasteiger partial charge on any atom is 0.0948 e. The van der Waals surface area contributed by atoms with Crippen LogP contribution < -0.4 is 5.32 Å². The maximum atomic E-state index is 10.6. The summed E-state index contributed by atoms with van der Waals surface area (Å²) in [6.45, 7) is 12.6. The number of hydrogen-bond acceptors (Lipinski definition) is 2. The molecule has 2 unspecified atom stereocenters. The van der Waals surface area contributed by atoms with Gasteiger partial charge in [0, 0.05) is 12.1 Å². The Morgan fingerprint density at radius 3 is 2.00 bits per heavy atom. The highest BCUT2D eigenvalue weighted by Gasteiger charge is 2.22. The quantitative estimate of drug-likeness (QED) is 0.838. The van der Waals surface area contributed by atoms with E-state index in [9.17, 15) is 5.11 Å². The summed E-state index contributed by atoms with van der Waals surface area (Å²) in [7, 11) is 0. The fourth-order valence-electron chi connectivity index (χ4n) is 2.72. The molecule has 0 bridgehead atoms. The van der Waals surface area contributed by atoms with Crippen LogP contribution in [0.1, 0.15) is 55.5 Å². The van der Waals surface area contributed by atoms with E-state index in [0.717, 1.165) is 12.0 Å². The molecular weight excluding hydrogens is 222 g/mol. The predicted octanol–water partition coefficient (Wildman–Crippen LogP) is 3.42. The highest BCUT2D eigenvalue weighted by Crippen LogP contribution is 2.27. The number of aryl methyl sites for hydroxylation is 3. The third-order valence-corrected chi connectivity index (χ3v) is 3.40. The van der Waals surface area contributed by atoms with Crippen molar-refractivity contribution in [2.24, 2.45) is 0 Å². The molecule has 2 heteroatoms. The molecule has 0 radical (unpaired) electrons. The van der Waals surface area contributed by atoms with Crippen molar-refractivity contribution in [2.75, 3.05) is 0 Å². The van der Waals surface area contributed by atoms with Crippen LogP contribution in [-0.4, -0.2) is 17.2 Å². The first-order valence-corrected chi connectivity index (χ1v) is 6.88. The Bertz CT molecular complexity index is 375. The van der Waals surface area contributed by atoms with Crippen molar-refractivity contribution in [3.8, 4) is 0 Å². The van der Waals surface area contributed by atoms with Crippen molar-refractivity contribution in [2.45, 2.75) is 66.2 Å². The zero-order valence-electron chi connectivity index (χ0n) is 12.5. The van der Waals surface area contributed by atoms with Crippen molar-refractivity contribution in [1.82, 2.24) is 5.32 Å². The lowest BCUT2D eigenvalue weighted by atomic mass is 9.91. The molecule has 1 aromatic carbocycles. The third-order valence-electron chi connectivity index (χ3n) is 3.40. The lowest BCUT2D eigenvalue weighted by Crippen LogP contribution is -2.39. The SMILES string of the molecule is CCC(NC(C)C)C(O)c1c(C)cc(C)cc1C. The fraction of sp³-hybridized carbons (Fsp3) is 0.625. The van der Waals surface area contributed by atoms with Crippen molar-refractivity contribution in [3.63, 3.8) is 0 Å². The van der Waals surface area contributed by atoms with Crippen molar-refractivity contribution >= 4 is 0 Å². The van der Waals surface area contributed by atoms with Crippen LogP contribution in [0.5, 0.6) is 0 Å². The largest absolute Gasteiger partial charge is 0.387 e. The van der Waals surface area contributed by atoms with E-state index in [2.05, 4.69) is 59.0 Å². The molecule has 0 aliphatic rings. The molecule has 102 valence electrons. The molecule has 0 saturated carbocycles. The molecule has 0 aliphatic heterocycles. The molecule has 0 heterocycles. The zero-order valence-corrected chi connectivity index (χ0v) is 12.5. The number of aliphatic hydroxyl groups is 1. The normalized spacial score (nSPS) is 14.9. The Morgan fingerprint density at radius 1 is 1.11 bits per heavy atom. The van der Waals surface area contributed by atoms with Gasteiger partial charge in [0.05, 0.1) is 6.10 Å². The summed E-state index contributed by atoms with van der Waals surface area (Å²) in [4.78, 5) is 0. The van der Waals surface area contributed by atoms with Gasteiger partial charge in [0.25, 0.3) is 0 Å². The average Bonchev–Trinajstić information content (AvgIpc) is 2.23. The van der Waals surface area contributed by atoms with Crippen LogP contribution in [0.15, 0.2) is 12.1 Å². The van der Waals surface area contributed by atoms with Crippen LogP contribution in [0.4, 0.5) is 0 Å². The molecular formula is C16H27NO. The summed E-state index contributed by atoms with van der Waals surface area (Å²) < 4.78 is 0. The van der Waals surface area contributed by atoms with E-state index in [0.29, 0.717) is 6.04 Å². The van der Waals surface area contributed by atoms with Gasteiger partial charge in [0.1, 0.15) is 0 Å². The second kappa shape index (κ2) is 6.35. The van der Waals surface area contributed by atoms with Crippen molar-refractivity contribution in [3.05, 3.63) is 34.4 Å². The third kappa shape index (κ3) is 3.56. The second-order valence-corrected chi connectivity index (χ2v) is 5.59. The minimum absolute atomic E-state index is 0.116. The summed E-state index contributed by atoms with van der Waals surface area (Å²) in [5.41, 5.74) is 4.71. The minimum atomic E-state index is -0.432. The molecule has 0 fully saturated rings. The van der Waals surface area contributed by atoms with Gasteiger partial charge in [-0.05, 0) is 43.9 Å². The van der Waals surface area contributed by atoms with E-state index in [-0.39, 0.29) is 6.04 Å². The molecule has 1 aromatic rings. The van der Waals surface area contributed by atoms with Gasteiger partial charge in [0.2, 0.25) is 0 Å². The molecule has 0 aliphatic carbocycles. The summed E-state index contributed by atoms with van der Waals surface area (Å²) >= 11 is 0. The molecule has 1 rings (SSSR count). The van der Waals surface area contributed by atoms with E-state index in [1.165, 1.54) is 16.7 Å². The summed E-state index contributed by atoms with van der Waals surface area (Å²) in [6.07, 6.45) is 0.490. The lowest BCUT2D eigenvalue weighted by molar-refractivity contribution is 0.120. The minimum Gasteiger partial charge on any atom is -0.387 e. The Labute approximate surface area is 111 Å². The smallest absolute Gasteiger partial charge is 0.0948 e. The summed E-state index contributed by atoms with van der Waals surface area (Å²) in [5, 5.41) is 14.1. The van der Waals surface area contributed by atoms with Crippen LogP contribution in [0.2, 0.25) is 0 Å². The maximum absolute atomic E-state index is 10.6. The Hall–Kier alpha value is -0.860. The van der Waals surface area contributed by atoms with Gasteiger partial charge >= 0.3 is 0 Å². The Kier molecular flexibility index (Phi) is 5.36. The first-order chi connectivity index (χ1) is 8.36. The lowest BCUT2D eigenvalue weighted by Gasteiger charge is -2.28. The molecule has 0 spiro atoms. The molecule has 18 heavy (non-hydrogen) atoms. The number of aliphatic hydroxyl groups excluding tert-OH is 1.